The van der Waals surface area contributed by atoms with E-state index in [0.717, 1.165) is 5.56 Å². The normalized spacial score (nSPS) is 10.4. The van der Waals surface area contributed by atoms with Gasteiger partial charge in [-0.25, -0.2) is 9.78 Å². The van der Waals surface area contributed by atoms with Crippen molar-refractivity contribution in [1.82, 2.24) is 31.1 Å². The highest BCUT2D eigenvalue weighted by Gasteiger charge is 2.10. The minimum Gasteiger partial charge on any atom is -0.461 e. The van der Waals surface area contributed by atoms with Gasteiger partial charge in [0.25, 0.3) is 0 Å². The number of hydrogen-bond acceptors (Lipinski definition) is 5. The Hall–Kier alpha value is -3.33. The van der Waals surface area contributed by atoms with Crippen LogP contribution in [0.3, 0.4) is 0 Å². The fourth-order valence-corrected chi connectivity index (χ4v) is 2.27. The van der Waals surface area contributed by atoms with Crippen molar-refractivity contribution in [2.24, 2.45) is 0 Å². The van der Waals surface area contributed by atoms with Gasteiger partial charge in [-0.05, 0) is 29.8 Å². The molecular formula is C17H17ClN6O3. The molecule has 0 fully saturated rings. The molecule has 0 bridgehead atoms. The van der Waals surface area contributed by atoms with Crippen LogP contribution < -0.4 is 16.0 Å². The van der Waals surface area contributed by atoms with Crippen molar-refractivity contribution in [3.05, 3.63) is 59.1 Å². The molecule has 0 saturated carbocycles. The monoisotopic (exact) mass is 388 g/mol. The maximum absolute atomic E-state index is 11.8. The van der Waals surface area contributed by atoms with Crippen LogP contribution in [0.25, 0.3) is 11.6 Å². The van der Waals surface area contributed by atoms with Crippen LogP contribution in [-0.2, 0) is 17.9 Å². The average Bonchev–Trinajstić information content (AvgIpc) is 3.35. The van der Waals surface area contributed by atoms with E-state index in [9.17, 15) is 9.59 Å². The Balaban J connectivity index is 1.35. The van der Waals surface area contributed by atoms with Crippen molar-refractivity contribution in [3.8, 4) is 11.6 Å². The molecule has 3 amide bonds. The van der Waals surface area contributed by atoms with Crippen LogP contribution in [0.15, 0.2) is 47.1 Å². The van der Waals surface area contributed by atoms with E-state index in [2.05, 4.69) is 31.1 Å². The summed E-state index contributed by atoms with van der Waals surface area (Å²) in [4.78, 5) is 27.8. The molecule has 0 aliphatic carbocycles. The molecule has 0 radical (unpaired) electrons. The predicted molar refractivity (Wildman–Crippen MR) is 97.6 cm³/mol. The van der Waals surface area contributed by atoms with E-state index in [1.165, 1.54) is 6.26 Å². The Morgan fingerprint density at radius 1 is 1.07 bits per heavy atom. The third kappa shape index (κ3) is 5.58. The number of carbonyl (C=O) groups excluding carboxylic acids is 2. The summed E-state index contributed by atoms with van der Waals surface area (Å²) in [5.74, 6) is 1.06. The maximum Gasteiger partial charge on any atom is 0.315 e. The van der Waals surface area contributed by atoms with Gasteiger partial charge in [-0.15, -0.1) is 5.10 Å². The topological polar surface area (TPSA) is 125 Å². The molecular weight excluding hydrogens is 372 g/mol. The van der Waals surface area contributed by atoms with Gasteiger partial charge in [0.1, 0.15) is 5.82 Å². The molecule has 3 aromatic rings. The third-order valence-electron chi connectivity index (χ3n) is 3.50. The van der Waals surface area contributed by atoms with Crippen molar-refractivity contribution in [2.45, 2.75) is 13.1 Å². The lowest BCUT2D eigenvalue weighted by Gasteiger charge is -2.08. The Morgan fingerprint density at radius 3 is 2.63 bits per heavy atom. The van der Waals surface area contributed by atoms with Crippen LogP contribution >= 0.6 is 11.6 Å². The first-order chi connectivity index (χ1) is 13.1. The summed E-state index contributed by atoms with van der Waals surface area (Å²) in [7, 11) is 0. The zero-order chi connectivity index (χ0) is 19.1. The second-order valence-electron chi connectivity index (χ2n) is 5.52. The fraction of sp³-hybridized carbons (Fsp3) is 0.176. The third-order valence-corrected chi connectivity index (χ3v) is 3.75. The van der Waals surface area contributed by atoms with Crippen molar-refractivity contribution in [1.29, 1.82) is 0 Å². The number of nitrogens with one attached hydrogen (secondary N) is 4. The molecule has 9 nitrogen and oxygen atoms in total. The lowest BCUT2D eigenvalue weighted by atomic mass is 10.2. The molecule has 0 unspecified atom stereocenters. The van der Waals surface area contributed by atoms with Crippen molar-refractivity contribution < 1.29 is 14.0 Å². The molecule has 10 heteroatoms. The number of aromatic nitrogens is 3. The predicted octanol–water partition coefficient (Wildman–Crippen LogP) is 1.83. The van der Waals surface area contributed by atoms with Crippen LogP contribution in [0, 0.1) is 0 Å². The SMILES string of the molecule is O=C(CNC(=O)NCc1ccc(Cl)cc1)NCc1nc(-c2ccco2)n[nH]1. The number of furan rings is 1. The average molecular weight is 389 g/mol. The first-order valence-electron chi connectivity index (χ1n) is 8.08. The summed E-state index contributed by atoms with van der Waals surface area (Å²) in [6, 6.07) is 10.1. The number of halogens is 1. The molecule has 0 atom stereocenters. The zero-order valence-electron chi connectivity index (χ0n) is 14.2. The van der Waals surface area contributed by atoms with Gasteiger partial charge in [-0.2, -0.15) is 0 Å². The van der Waals surface area contributed by atoms with Crippen molar-refractivity contribution >= 4 is 23.5 Å². The summed E-state index contributed by atoms with van der Waals surface area (Å²) in [5.41, 5.74) is 0.900. The van der Waals surface area contributed by atoms with Gasteiger partial charge in [0, 0.05) is 11.6 Å². The van der Waals surface area contributed by atoms with Crippen LogP contribution in [0.4, 0.5) is 4.79 Å². The molecule has 4 N–H and O–H groups in total. The number of nitrogens with zero attached hydrogens (tertiary/aromatic N) is 2. The minimum absolute atomic E-state index is 0.153. The molecule has 140 valence electrons. The van der Waals surface area contributed by atoms with E-state index in [-0.39, 0.29) is 19.0 Å². The second kappa shape index (κ2) is 8.86. The molecule has 2 aromatic heterocycles. The summed E-state index contributed by atoms with van der Waals surface area (Å²) in [6.07, 6.45) is 1.52. The Bertz CT molecular complexity index is 892. The fourth-order valence-electron chi connectivity index (χ4n) is 2.14. The number of aromatic amines is 1. The Morgan fingerprint density at radius 2 is 1.89 bits per heavy atom. The molecule has 1 aromatic carbocycles. The number of rotatable bonds is 7. The van der Waals surface area contributed by atoms with E-state index in [1.54, 1.807) is 24.3 Å². The first kappa shape index (κ1) is 18.5. The lowest BCUT2D eigenvalue weighted by Crippen LogP contribution is -2.41. The summed E-state index contributed by atoms with van der Waals surface area (Å²) in [5, 5.41) is 15.1. The van der Waals surface area contributed by atoms with Crippen LogP contribution in [0.2, 0.25) is 5.02 Å². The van der Waals surface area contributed by atoms with Crippen molar-refractivity contribution in [2.75, 3.05) is 6.54 Å². The number of H-pyrrole nitrogens is 1. The van der Waals surface area contributed by atoms with Gasteiger partial charge in [0.05, 0.1) is 19.4 Å². The summed E-state index contributed by atoms with van der Waals surface area (Å²) in [6.45, 7) is 0.324. The molecule has 0 spiro atoms. The lowest BCUT2D eigenvalue weighted by molar-refractivity contribution is -0.120. The first-order valence-corrected chi connectivity index (χ1v) is 8.46. The van der Waals surface area contributed by atoms with Gasteiger partial charge in [0.2, 0.25) is 11.7 Å². The van der Waals surface area contributed by atoms with Gasteiger partial charge in [-0.3, -0.25) is 9.89 Å². The van der Waals surface area contributed by atoms with E-state index in [0.29, 0.717) is 29.0 Å². The van der Waals surface area contributed by atoms with Crippen LogP contribution in [0.1, 0.15) is 11.4 Å². The van der Waals surface area contributed by atoms with Crippen LogP contribution in [0.5, 0.6) is 0 Å². The highest BCUT2D eigenvalue weighted by Crippen LogP contribution is 2.14. The van der Waals surface area contributed by atoms with E-state index in [4.69, 9.17) is 16.0 Å². The molecule has 2 heterocycles. The second-order valence-corrected chi connectivity index (χ2v) is 5.96. The zero-order valence-corrected chi connectivity index (χ0v) is 14.9. The number of carbonyl (C=O) groups is 2. The van der Waals surface area contributed by atoms with E-state index < -0.39 is 6.03 Å². The van der Waals surface area contributed by atoms with E-state index >= 15 is 0 Å². The maximum atomic E-state index is 11.8. The van der Waals surface area contributed by atoms with Gasteiger partial charge in [-0.1, -0.05) is 23.7 Å². The van der Waals surface area contributed by atoms with Crippen molar-refractivity contribution in [3.63, 3.8) is 0 Å². The molecule has 27 heavy (non-hydrogen) atoms. The minimum atomic E-state index is -0.445. The molecule has 3 rings (SSSR count). The van der Waals surface area contributed by atoms with Gasteiger partial charge < -0.3 is 20.4 Å². The van der Waals surface area contributed by atoms with E-state index in [1.807, 2.05) is 12.1 Å². The standard InChI is InChI=1S/C17H17ClN6O3/c18-12-5-3-11(4-6-12)8-20-17(26)21-10-15(25)19-9-14-22-16(24-23-14)13-2-1-7-27-13/h1-7H,8-10H2,(H,19,25)(H2,20,21,26)(H,22,23,24). The molecule has 0 aliphatic rings. The largest absolute Gasteiger partial charge is 0.461 e. The number of benzene rings is 1. The van der Waals surface area contributed by atoms with Gasteiger partial charge >= 0.3 is 6.03 Å². The molecule has 0 aliphatic heterocycles. The molecule has 0 saturated heterocycles. The highest BCUT2D eigenvalue weighted by atomic mass is 35.5. The number of hydrogen-bond donors (Lipinski definition) is 4. The smallest absolute Gasteiger partial charge is 0.315 e. The Labute approximate surface area is 159 Å². The quantitative estimate of drug-likeness (QED) is 0.491. The van der Waals surface area contributed by atoms with Crippen LogP contribution in [-0.4, -0.2) is 33.7 Å². The summed E-state index contributed by atoms with van der Waals surface area (Å²) >= 11 is 5.80. The summed E-state index contributed by atoms with van der Waals surface area (Å²) < 4.78 is 5.19. The number of amides is 3. The highest BCUT2D eigenvalue weighted by molar-refractivity contribution is 6.30. The number of urea groups is 1. The van der Waals surface area contributed by atoms with Gasteiger partial charge in [0.15, 0.2) is 5.76 Å². The Kier molecular flexibility index (Phi) is 6.06.